The number of furan rings is 1. The molecular weight excluding hydrogens is 196 g/mol. The summed E-state index contributed by atoms with van der Waals surface area (Å²) in [5.74, 6) is 0.152. The minimum atomic E-state index is -0.188. The average molecular weight is 210 g/mol. The van der Waals surface area contributed by atoms with Crippen molar-refractivity contribution >= 4 is 5.91 Å². The largest absolute Gasteiger partial charge is 0.459 e. The van der Waals surface area contributed by atoms with Crippen LogP contribution in [0.4, 0.5) is 0 Å². The van der Waals surface area contributed by atoms with Gasteiger partial charge in [0.05, 0.1) is 19.5 Å². The maximum absolute atomic E-state index is 11.5. The van der Waals surface area contributed by atoms with Gasteiger partial charge in [-0.05, 0) is 12.1 Å². The van der Waals surface area contributed by atoms with E-state index >= 15 is 0 Å². The highest BCUT2D eigenvalue weighted by atomic mass is 16.5. The molecule has 0 bridgehead atoms. The van der Waals surface area contributed by atoms with Crippen LogP contribution in [-0.4, -0.2) is 38.3 Å². The van der Waals surface area contributed by atoms with Crippen LogP contribution in [0.25, 0.3) is 0 Å². The standard InChI is InChI=1S/C10H14N2O3/c13-10(9-2-1-4-15-9)12-6-8-7-14-5-3-11-8/h1-2,4,8,11H,3,5-7H2,(H,12,13). The summed E-state index contributed by atoms with van der Waals surface area (Å²) >= 11 is 0. The SMILES string of the molecule is O=C(NCC1COCCN1)c1ccco1. The van der Waals surface area contributed by atoms with Crippen molar-refractivity contribution in [1.29, 1.82) is 0 Å². The van der Waals surface area contributed by atoms with Gasteiger partial charge in [-0.3, -0.25) is 4.79 Å². The molecule has 5 nitrogen and oxygen atoms in total. The molecule has 0 spiro atoms. The fourth-order valence-corrected chi connectivity index (χ4v) is 1.46. The maximum Gasteiger partial charge on any atom is 0.287 e. The van der Waals surface area contributed by atoms with Crippen LogP contribution in [0.2, 0.25) is 0 Å². The lowest BCUT2D eigenvalue weighted by Crippen LogP contribution is -2.48. The lowest BCUT2D eigenvalue weighted by Gasteiger charge is -2.23. The zero-order valence-electron chi connectivity index (χ0n) is 8.36. The lowest BCUT2D eigenvalue weighted by molar-refractivity contribution is 0.0728. The monoisotopic (exact) mass is 210 g/mol. The van der Waals surface area contributed by atoms with E-state index in [9.17, 15) is 4.79 Å². The Morgan fingerprint density at radius 1 is 1.67 bits per heavy atom. The van der Waals surface area contributed by atoms with Crippen LogP contribution < -0.4 is 10.6 Å². The van der Waals surface area contributed by atoms with Gasteiger partial charge in [0, 0.05) is 19.1 Å². The summed E-state index contributed by atoms with van der Waals surface area (Å²) in [4.78, 5) is 11.5. The molecule has 2 heterocycles. The third-order valence-electron chi connectivity index (χ3n) is 2.25. The minimum absolute atomic E-state index is 0.188. The molecule has 1 atom stereocenters. The van der Waals surface area contributed by atoms with Crippen molar-refractivity contribution in [3.8, 4) is 0 Å². The normalized spacial score (nSPS) is 21.2. The van der Waals surface area contributed by atoms with Gasteiger partial charge in [0.2, 0.25) is 0 Å². The summed E-state index contributed by atoms with van der Waals surface area (Å²) in [5, 5.41) is 6.03. The van der Waals surface area contributed by atoms with Crippen LogP contribution >= 0.6 is 0 Å². The Hall–Kier alpha value is -1.33. The summed E-state index contributed by atoms with van der Waals surface area (Å²) in [5.41, 5.74) is 0. The second-order valence-electron chi connectivity index (χ2n) is 3.41. The van der Waals surface area contributed by atoms with Crippen LogP contribution in [0.15, 0.2) is 22.8 Å². The molecule has 1 aliphatic rings. The van der Waals surface area contributed by atoms with E-state index in [2.05, 4.69) is 10.6 Å². The van der Waals surface area contributed by atoms with Crippen LogP contribution in [0, 0.1) is 0 Å². The average Bonchev–Trinajstić information content (AvgIpc) is 2.81. The summed E-state index contributed by atoms with van der Waals surface area (Å²) in [6, 6.07) is 3.52. The van der Waals surface area contributed by atoms with Crippen molar-refractivity contribution in [3.05, 3.63) is 24.2 Å². The Kier molecular flexibility index (Phi) is 3.37. The van der Waals surface area contributed by atoms with E-state index in [-0.39, 0.29) is 11.9 Å². The van der Waals surface area contributed by atoms with E-state index in [1.807, 2.05) is 0 Å². The Bertz CT molecular complexity index is 304. The van der Waals surface area contributed by atoms with Gasteiger partial charge in [-0.15, -0.1) is 0 Å². The molecule has 1 aromatic heterocycles. The Morgan fingerprint density at radius 2 is 2.60 bits per heavy atom. The van der Waals surface area contributed by atoms with Crippen molar-refractivity contribution in [1.82, 2.24) is 10.6 Å². The van der Waals surface area contributed by atoms with Crippen LogP contribution in [-0.2, 0) is 4.74 Å². The first-order valence-electron chi connectivity index (χ1n) is 4.99. The molecule has 1 saturated heterocycles. The third-order valence-corrected chi connectivity index (χ3v) is 2.25. The number of nitrogens with one attached hydrogen (secondary N) is 2. The first-order valence-corrected chi connectivity index (χ1v) is 4.99. The number of amides is 1. The van der Waals surface area contributed by atoms with Crippen molar-refractivity contribution in [2.45, 2.75) is 6.04 Å². The molecule has 0 aromatic carbocycles. The summed E-state index contributed by atoms with van der Waals surface area (Å²) in [7, 11) is 0. The number of hydrogen-bond donors (Lipinski definition) is 2. The Labute approximate surface area is 87.8 Å². The van der Waals surface area contributed by atoms with E-state index in [0.29, 0.717) is 18.9 Å². The molecule has 2 rings (SSSR count). The summed E-state index contributed by atoms with van der Waals surface area (Å²) in [6.45, 7) is 2.77. The molecule has 1 unspecified atom stereocenters. The minimum Gasteiger partial charge on any atom is -0.459 e. The number of rotatable bonds is 3. The van der Waals surface area contributed by atoms with Gasteiger partial charge in [-0.1, -0.05) is 0 Å². The molecule has 1 amide bonds. The predicted molar refractivity (Wildman–Crippen MR) is 53.7 cm³/mol. The molecule has 0 saturated carbocycles. The van der Waals surface area contributed by atoms with Crippen LogP contribution in [0.1, 0.15) is 10.6 Å². The molecule has 82 valence electrons. The van der Waals surface area contributed by atoms with Gasteiger partial charge >= 0.3 is 0 Å². The Balaban J connectivity index is 1.75. The second-order valence-corrected chi connectivity index (χ2v) is 3.41. The zero-order valence-corrected chi connectivity index (χ0v) is 8.36. The maximum atomic E-state index is 11.5. The molecule has 1 aliphatic heterocycles. The molecule has 1 fully saturated rings. The highest BCUT2D eigenvalue weighted by Gasteiger charge is 2.15. The fraction of sp³-hybridized carbons (Fsp3) is 0.500. The van der Waals surface area contributed by atoms with Crippen molar-refractivity contribution in [2.24, 2.45) is 0 Å². The number of morpholine rings is 1. The second kappa shape index (κ2) is 4.95. The highest BCUT2D eigenvalue weighted by molar-refractivity contribution is 5.91. The Morgan fingerprint density at radius 3 is 3.27 bits per heavy atom. The van der Waals surface area contributed by atoms with E-state index in [1.165, 1.54) is 6.26 Å². The quantitative estimate of drug-likeness (QED) is 0.737. The van der Waals surface area contributed by atoms with Crippen molar-refractivity contribution in [3.63, 3.8) is 0 Å². The molecule has 5 heteroatoms. The van der Waals surface area contributed by atoms with Gasteiger partial charge < -0.3 is 19.8 Å². The lowest BCUT2D eigenvalue weighted by atomic mass is 10.2. The van der Waals surface area contributed by atoms with E-state index in [4.69, 9.17) is 9.15 Å². The highest BCUT2D eigenvalue weighted by Crippen LogP contribution is 1.99. The van der Waals surface area contributed by atoms with E-state index in [1.54, 1.807) is 12.1 Å². The first kappa shape index (κ1) is 10.2. The smallest absolute Gasteiger partial charge is 0.287 e. The molecule has 1 aromatic rings. The molecule has 15 heavy (non-hydrogen) atoms. The van der Waals surface area contributed by atoms with Gasteiger partial charge in [0.1, 0.15) is 0 Å². The summed E-state index contributed by atoms with van der Waals surface area (Å²) in [6.07, 6.45) is 1.48. The molecule has 0 aliphatic carbocycles. The topological polar surface area (TPSA) is 63.5 Å². The zero-order chi connectivity index (χ0) is 10.5. The first-order chi connectivity index (χ1) is 7.36. The summed E-state index contributed by atoms with van der Waals surface area (Å²) < 4.78 is 10.2. The van der Waals surface area contributed by atoms with Gasteiger partial charge in [-0.2, -0.15) is 0 Å². The number of carbonyl (C=O) groups excluding carboxylic acids is 1. The van der Waals surface area contributed by atoms with Crippen LogP contribution in [0.5, 0.6) is 0 Å². The molecule has 0 radical (unpaired) electrons. The van der Waals surface area contributed by atoms with Crippen molar-refractivity contribution < 1.29 is 13.9 Å². The van der Waals surface area contributed by atoms with Gasteiger partial charge in [0.15, 0.2) is 5.76 Å². The predicted octanol–water partition coefficient (Wildman–Crippen LogP) is -0.00220. The van der Waals surface area contributed by atoms with Crippen LogP contribution in [0.3, 0.4) is 0 Å². The number of ether oxygens (including phenoxy) is 1. The van der Waals surface area contributed by atoms with E-state index in [0.717, 1.165) is 13.2 Å². The number of hydrogen-bond acceptors (Lipinski definition) is 4. The number of carbonyl (C=O) groups is 1. The molecule has 2 N–H and O–H groups in total. The van der Waals surface area contributed by atoms with Gasteiger partial charge in [0.25, 0.3) is 5.91 Å². The van der Waals surface area contributed by atoms with E-state index < -0.39 is 0 Å². The molecular formula is C10H14N2O3. The third kappa shape index (κ3) is 2.81. The van der Waals surface area contributed by atoms with Gasteiger partial charge in [-0.25, -0.2) is 0 Å². The van der Waals surface area contributed by atoms with Crippen molar-refractivity contribution in [2.75, 3.05) is 26.3 Å². The fourth-order valence-electron chi connectivity index (χ4n) is 1.46.